The number of carbonyl (C=O) groups is 1. The Balaban J connectivity index is 2.62. The molecule has 0 fully saturated rings. The van der Waals surface area contributed by atoms with Crippen LogP contribution >= 0.6 is 0 Å². The van der Waals surface area contributed by atoms with Crippen LogP contribution in [-0.4, -0.2) is 28.2 Å². The molecule has 0 radical (unpaired) electrons. The first-order valence-electron chi connectivity index (χ1n) is 3.76. The molecule has 0 aliphatic heterocycles. The maximum atomic E-state index is 11.0. The summed E-state index contributed by atoms with van der Waals surface area (Å²) in [4.78, 5) is 11.0. The van der Waals surface area contributed by atoms with E-state index in [0.717, 1.165) is 0 Å². The van der Waals surface area contributed by atoms with Gasteiger partial charge >= 0.3 is 0 Å². The third-order valence-corrected chi connectivity index (χ3v) is 1.79. The minimum Gasteiger partial charge on any atom is -0.385 e. The van der Waals surface area contributed by atoms with Gasteiger partial charge in [-0.05, 0) is 19.3 Å². The van der Waals surface area contributed by atoms with Crippen molar-refractivity contribution in [2.24, 2.45) is 0 Å². The van der Waals surface area contributed by atoms with Crippen LogP contribution in [0.15, 0.2) is 12.2 Å². The highest BCUT2D eigenvalue weighted by atomic mass is 16.3. The van der Waals surface area contributed by atoms with Crippen molar-refractivity contribution in [3.05, 3.63) is 12.2 Å². The van der Waals surface area contributed by atoms with E-state index in [4.69, 9.17) is 10.2 Å². The second-order valence-corrected chi connectivity index (χ2v) is 2.72. The van der Waals surface area contributed by atoms with Crippen LogP contribution in [0.5, 0.6) is 0 Å². The smallest absolute Gasteiger partial charge is 0.189 e. The van der Waals surface area contributed by atoms with E-state index in [-0.39, 0.29) is 0 Å². The number of hydrogen-bond acceptors (Lipinski definition) is 3. The number of aliphatic hydroxyl groups is 2. The van der Waals surface area contributed by atoms with E-state index in [1.807, 2.05) is 6.08 Å². The first-order chi connectivity index (χ1) is 5.22. The summed E-state index contributed by atoms with van der Waals surface area (Å²) in [6, 6.07) is 0. The molecular formula is C8H12O3. The van der Waals surface area contributed by atoms with Crippen molar-refractivity contribution in [1.29, 1.82) is 0 Å². The minimum absolute atomic E-state index is 0.329. The molecule has 0 spiro atoms. The number of ketones is 1. The Labute approximate surface area is 65.3 Å². The lowest BCUT2D eigenvalue weighted by Crippen LogP contribution is -2.32. The van der Waals surface area contributed by atoms with Crippen molar-refractivity contribution in [3.63, 3.8) is 0 Å². The largest absolute Gasteiger partial charge is 0.385 e. The molecule has 2 N–H and O–H groups in total. The van der Waals surface area contributed by atoms with Gasteiger partial charge in [0.1, 0.15) is 12.2 Å². The van der Waals surface area contributed by atoms with Gasteiger partial charge < -0.3 is 10.2 Å². The van der Waals surface area contributed by atoms with Crippen molar-refractivity contribution < 1.29 is 15.0 Å². The molecule has 62 valence electrons. The molecule has 11 heavy (non-hydrogen) atoms. The first-order valence-corrected chi connectivity index (χ1v) is 3.76. The predicted octanol–water partition coefficient (Wildman–Crippen LogP) is 0.0174. The maximum absolute atomic E-state index is 11.0. The maximum Gasteiger partial charge on any atom is 0.189 e. The monoisotopic (exact) mass is 156 g/mol. The Morgan fingerprint density at radius 1 is 1.27 bits per heavy atom. The Bertz CT molecular complexity index is 174. The molecule has 1 aliphatic rings. The summed E-state index contributed by atoms with van der Waals surface area (Å²) in [7, 11) is 0. The zero-order valence-electron chi connectivity index (χ0n) is 6.23. The fourth-order valence-electron chi connectivity index (χ4n) is 1.08. The topological polar surface area (TPSA) is 57.5 Å². The minimum atomic E-state index is -1.01. The highest BCUT2D eigenvalue weighted by Crippen LogP contribution is 2.09. The van der Waals surface area contributed by atoms with Gasteiger partial charge in [-0.2, -0.15) is 0 Å². The van der Waals surface area contributed by atoms with Crippen LogP contribution in [0.1, 0.15) is 19.3 Å². The quantitative estimate of drug-likeness (QED) is 0.486. The number of rotatable bonds is 0. The molecule has 0 saturated carbocycles. The fraction of sp³-hybridized carbons (Fsp3) is 0.625. The third-order valence-electron chi connectivity index (χ3n) is 1.79. The van der Waals surface area contributed by atoms with E-state index in [2.05, 4.69) is 0 Å². The first kappa shape index (κ1) is 8.43. The molecule has 0 unspecified atom stereocenters. The normalized spacial score (nSPS) is 33.1. The van der Waals surface area contributed by atoms with Crippen LogP contribution in [0.4, 0.5) is 0 Å². The SMILES string of the molecule is O=C1[C@@H](O)CC=CCC[C@@H]1O. The average Bonchev–Trinajstić information content (AvgIpc) is 2.00. The van der Waals surface area contributed by atoms with Crippen LogP contribution in [0, 0.1) is 0 Å². The number of aliphatic hydroxyl groups excluding tert-OH is 2. The summed E-state index contributed by atoms with van der Waals surface area (Å²) >= 11 is 0. The van der Waals surface area contributed by atoms with Gasteiger partial charge in [0, 0.05) is 0 Å². The van der Waals surface area contributed by atoms with Gasteiger partial charge in [-0.3, -0.25) is 4.79 Å². The standard InChI is InChI=1S/C8H12O3/c9-6-4-2-1-3-5-7(10)8(6)11/h1-2,6-7,9-10H,3-5H2/t6-,7-/m0/s1. The van der Waals surface area contributed by atoms with Crippen molar-refractivity contribution in [1.82, 2.24) is 0 Å². The van der Waals surface area contributed by atoms with Crippen LogP contribution in [0.2, 0.25) is 0 Å². The highest BCUT2D eigenvalue weighted by Gasteiger charge is 2.22. The van der Waals surface area contributed by atoms with Gasteiger partial charge in [0.15, 0.2) is 5.78 Å². The molecule has 0 aromatic carbocycles. The van der Waals surface area contributed by atoms with Gasteiger partial charge in [-0.1, -0.05) is 12.2 Å². The van der Waals surface area contributed by atoms with Gasteiger partial charge in [-0.15, -0.1) is 0 Å². The van der Waals surface area contributed by atoms with Crippen LogP contribution in [0.3, 0.4) is 0 Å². The number of allylic oxidation sites excluding steroid dienone is 1. The molecule has 1 aliphatic carbocycles. The van der Waals surface area contributed by atoms with E-state index < -0.39 is 18.0 Å². The van der Waals surface area contributed by atoms with E-state index in [0.29, 0.717) is 19.3 Å². The molecule has 0 amide bonds. The molecule has 2 atom stereocenters. The van der Waals surface area contributed by atoms with E-state index in [9.17, 15) is 4.79 Å². The third kappa shape index (κ3) is 2.13. The van der Waals surface area contributed by atoms with Crippen molar-refractivity contribution in [2.45, 2.75) is 31.5 Å². The molecule has 1 rings (SSSR count). The van der Waals surface area contributed by atoms with Crippen molar-refractivity contribution in [2.75, 3.05) is 0 Å². The van der Waals surface area contributed by atoms with Crippen LogP contribution < -0.4 is 0 Å². The summed E-state index contributed by atoms with van der Waals surface area (Å²) in [5, 5.41) is 18.2. The molecule has 0 aromatic rings. The van der Waals surface area contributed by atoms with Crippen LogP contribution in [-0.2, 0) is 4.79 Å². The van der Waals surface area contributed by atoms with Crippen molar-refractivity contribution >= 4 is 5.78 Å². The number of Topliss-reactive ketones (excluding diaryl/α,β-unsaturated/α-hetero) is 1. The Hall–Kier alpha value is -0.670. The molecule has 0 aromatic heterocycles. The van der Waals surface area contributed by atoms with Gasteiger partial charge in [-0.25, -0.2) is 0 Å². The summed E-state index contributed by atoms with van der Waals surface area (Å²) in [6.45, 7) is 0. The fourth-order valence-corrected chi connectivity index (χ4v) is 1.08. The lowest BCUT2D eigenvalue weighted by atomic mass is 10.00. The highest BCUT2D eigenvalue weighted by molar-refractivity contribution is 5.87. The molecule has 3 nitrogen and oxygen atoms in total. The van der Waals surface area contributed by atoms with Crippen LogP contribution in [0.25, 0.3) is 0 Å². The Morgan fingerprint density at radius 3 is 2.73 bits per heavy atom. The van der Waals surface area contributed by atoms with Gasteiger partial charge in [0.2, 0.25) is 0 Å². The zero-order valence-corrected chi connectivity index (χ0v) is 6.23. The number of carbonyl (C=O) groups excluding carboxylic acids is 1. The summed E-state index contributed by atoms with van der Waals surface area (Å²) in [6.07, 6.45) is 3.12. The summed E-state index contributed by atoms with van der Waals surface area (Å²) in [5.41, 5.74) is 0. The van der Waals surface area contributed by atoms with E-state index >= 15 is 0 Å². The lowest BCUT2D eigenvalue weighted by molar-refractivity contribution is -0.135. The zero-order chi connectivity index (χ0) is 8.27. The Kier molecular flexibility index (Phi) is 2.79. The predicted molar refractivity (Wildman–Crippen MR) is 40.0 cm³/mol. The number of hydrogen-bond donors (Lipinski definition) is 2. The second-order valence-electron chi connectivity index (χ2n) is 2.72. The van der Waals surface area contributed by atoms with Gasteiger partial charge in [0.05, 0.1) is 0 Å². The van der Waals surface area contributed by atoms with Crippen molar-refractivity contribution in [3.8, 4) is 0 Å². The molecule has 0 heterocycles. The average molecular weight is 156 g/mol. The lowest BCUT2D eigenvalue weighted by Gasteiger charge is -2.14. The van der Waals surface area contributed by atoms with E-state index in [1.165, 1.54) is 0 Å². The molecule has 3 heteroatoms. The Morgan fingerprint density at radius 2 is 2.00 bits per heavy atom. The summed E-state index contributed by atoms with van der Waals surface area (Å²) < 4.78 is 0. The van der Waals surface area contributed by atoms with E-state index in [1.54, 1.807) is 6.08 Å². The molecule has 0 saturated heterocycles. The second kappa shape index (κ2) is 3.64. The molecule has 0 bridgehead atoms. The molecular weight excluding hydrogens is 144 g/mol. The summed E-state index contributed by atoms with van der Waals surface area (Å²) in [5.74, 6) is -0.450. The van der Waals surface area contributed by atoms with Gasteiger partial charge in [0.25, 0.3) is 0 Å².